The molecule has 1 aromatic rings. The van der Waals surface area contributed by atoms with Crippen molar-refractivity contribution in [2.24, 2.45) is 4.99 Å². The molecule has 0 radical (unpaired) electrons. The second-order valence-corrected chi connectivity index (χ2v) is 7.41. The number of piperazine rings is 1. The van der Waals surface area contributed by atoms with Crippen LogP contribution < -0.4 is 5.32 Å². The minimum atomic E-state index is 0.771. The summed E-state index contributed by atoms with van der Waals surface area (Å²) in [4.78, 5) is 12.2. The van der Waals surface area contributed by atoms with Crippen molar-refractivity contribution in [3.05, 3.63) is 18.0 Å². The summed E-state index contributed by atoms with van der Waals surface area (Å²) in [5.74, 6) is 1.06. The molecule has 1 aliphatic heterocycles. The van der Waals surface area contributed by atoms with Crippen molar-refractivity contribution in [1.29, 1.82) is 0 Å². The molecule has 1 aromatic heterocycles. The lowest BCUT2D eigenvalue weighted by Crippen LogP contribution is -2.52. The molecule has 0 atom stereocenters. The van der Waals surface area contributed by atoms with Gasteiger partial charge in [0.1, 0.15) is 6.26 Å². The van der Waals surface area contributed by atoms with E-state index in [1.807, 2.05) is 6.07 Å². The number of aliphatic imine (C=N–C) groups is 1. The summed E-state index contributed by atoms with van der Waals surface area (Å²) in [6.07, 6.45) is 7.13. The Morgan fingerprint density at radius 3 is 2.73 bits per heavy atom. The van der Waals surface area contributed by atoms with Crippen LogP contribution in [-0.2, 0) is 6.54 Å². The van der Waals surface area contributed by atoms with E-state index in [1.54, 1.807) is 6.26 Å². The van der Waals surface area contributed by atoms with Crippen molar-refractivity contribution in [3.63, 3.8) is 0 Å². The maximum atomic E-state index is 4.93. The lowest BCUT2D eigenvalue weighted by molar-refractivity contribution is 0.169. The highest BCUT2D eigenvalue weighted by atomic mass is 16.5. The molecular formula is C19H34N6O. The molecule has 1 saturated heterocycles. The Morgan fingerprint density at radius 2 is 2.08 bits per heavy atom. The van der Waals surface area contributed by atoms with Crippen molar-refractivity contribution in [2.45, 2.75) is 45.2 Å². The summed E-state index contributed by atoms with van der Waals surface area (Å²) in [6.45, 7) is 9.89. The van der Waals surface area contributed by atoms with Gasteiger partial charge < -0.3 is 19.6 Å². The van der Waals surface area contributed by atoms with Crippen LogP contribution in [0.5, 0.6) is 0 Å². The standard InChI is InChI=1S/C19H34N6O/c1-3-20-19(21-9-10-23(2)18-6-4-5-7-18)25-13-11-24(12-14-25)16-17-8-15-26-22-17/h8,15,18H,3-7,9-14,16H2,1-2H3,(H,20,21). The fourth-order valence-corrected chi connectivity index (χ4v) is 3.93. The van der Waals surface area contributed by atoms with Crippen molar-refractivity contribution in [3.8, 4) is 0 Å². The molecule has 0 aromatic carbocycles. The molecule has 7 heteroatoms. The predicted molar refractivity (Wildman–Crippen MR) is 104 cm³/mol. The van der Waals surface area contributed by atoms with Gasteiger partial charge in [0.2, 0.25) is 0 Å². The van der Waals surface area contributed by atoms with E-state index in [-0.39, 0.29) is 0 Å². The minimum Gasteiger partial charge on any atom is -0.364 e. The molecule has 2 heterocycles. The van der Waals surface area contributed by atoms with Crippen LogP contribution in [0.15, 0.2) is 21.8 Å². The van der Waals surface area contributed by atoms with Gasteiger partial charge in [-0.05, 0) is 26.8 Å². The summed E-state index contributed by atoms with van der Waals surface area (Å²) in [7, 11) is 2.25. The first-order chi connectivity index (χ1) is 12.8. The van der Waals surface area contributed by atoms with Crippen LogP contribution in [0.25, 0.3) is 0 Å². The van der Waals surface area contributed by atoms with Gasteiger partial charge in [-0.3, -0.25) is 9.89 Å². The van der Waals surface area contributed by atoms with E-state index in [9.17, 15) is 0 Å². The Morgan fingerprint density at radius 1 is 1.31 bits per heavy atom. The molecule has 0 bridgehead atoms. The summed E-state index contributed by atoms with van der Waals surface area (Å²) in [5, 5.41) is 7.48. The van der Waals surface area contributed by atoms with Gasteiger partial charge in [-0.2, -0.15) is 0 Å². The zero-order chi connectivity index (χ0) is 18.2. The number of hydrogen-bond acceptors (Lipinski definition) is 5. The van der Waals surface area contributed by atoms with Gasteiger partial charge >= 0.3 is 0 Å². The number of hydrogen-bond donors (Lipinski definition) is 1. The zero-order valence-corrected chi connectivity index (χ0v) is 16.4. The second kappa shape index (κ2) is 9.92. The van der Waals surface area contributed by atoms with E-state index in [1.165, 1.54) is 25.7 Å². The van der Waals surface area contributed by atoms with Crippen molar-refractivity contribution >= 4 is 5.96 Å². The number of likely N-dealkylation sites (N-methyl/N-ethyl adjacent to an activating group) is 1. The fourth-order valence-electron chi connectivity index (χ4n) is 3.93. The first kappa shape index (κ1) is 19.2. The first-order valence-corrected chi connectivity index (χ1v) is 10.1. The van der Waals surface area contributed by atoms with Crippen LogP contribution in [0.4, 0.5) is 0 Å². The number of rotatable bonds is 7. The third-order valence-corrected chi connectivity index (χ3v) is 5.55. The van der Waals surface area contributed by atoms with Gasteiger partial charge in [-0.25, -0.2) is 0 Å². The number of nitrogens with zero attached hydrogens (tertiary/aromatic N) is 5. The molecule has 2 aliphatic rings. The number of aromatic nitrogens is 1. The smallest absolute Gasteiger partial charge is 0.194 e. The Balaban J connectivity index is 1.44. The second-order valence-electron chi connectivity index (χ2n) is 7.41. The van der Waals surface area contributed by atoms with E-state index < -0.39 is 0 Å². The highest BCUT2D eigenvalue weighted by molar-refractivity contribution is 5.80. The summed E-state index contributed by atoms with van der Waals surface area (Å²) < 4.78 is 4.93. The summed E-state index contributed by atoms with van der Waals surface area (Å²) >= 11 is 0. The Kier molecular flexibility index (Phi) is 7.32. The molecule has 146 valence electrons. The van der Waals surface area contributed by atoms with Gasteiger partial charge in [-0.1, -0.05) is 18.0 Å². The van der Waals surface area contributed by atoms with Crippen LogP contribution in [0.3, 0.4) is 0 Å². The van der Waals surface area contributed by atoms with Gasteiger partial charge in [0.15, 0.2) is 5.96 Å². The van der Waals surface area contributed by atoms with E-state index in [0.29, 0.717) is 0 Å². The monoisotopic (exact) mass is 362 g/mol. The van der Waals surface area contributed by atoms with Gasteiger partial charge in [0, 0.05) is 57.9 Å². The third kappa shape index (κ3) is 5.45. The SMILES string of the molecule is CCNC(=NCCN(C)C1CCCC1)N1CCN(Cc2ccon2)CC1. The van der Waals surface area contributed by atoms with E-state index in [0.717, 1.165) is 70.1 Å². The maximum Gasteiger partial charge on any atom is 0.194 e. The van der Waals surface area contributed by atoms with Crippen LogP contribution >= 0.6 is 0 Å². The largest absolute Gasteiger partial charge is 0.364 e. The average Bonchev–Trinajstić information content (AvgIpc) is 3.35. The van der Waals surface area contributed by atoms with Crippen molar-refractivity contribution in [2.75, 3.05) is 52.9 Å². The minimum absolute atomic E-state index is 0.771. The molecule has 7 nitrogen and oxygen atoms in total. The van der Waals surface area contributed by atoms with Crippen LogP contribution in [-0.4, -0.2) is 84.7 Å². The first-order valence-electron chi connectivity index (χ1n) is 10.1. The van der Waals surface area contributed by atoms with E-state index in [2.05, 4.69) is 39.1 Å². The quantitative estimate of drug-likeness (QED) is 0.588. The molecule has 2 fully saturated rings. The van der Waals surface area contributed by atoms with Gasteiger partial charge in [-0.15, -0.1) is 0 Å². The molecular weight excluding hydrogens is 328 g/mol. The lowest BCUT2D eigenvalue weighted by Gasteiger charge is -2.36. The topological polar surface area (TPSA) is 60.1 Å². The summed E-state index contributed by atoms with van der Waals surface area (Å²) in [6, 6.07) is 2.71. The molecule has 0 amide bonds. The Labute approximate surface area is 157 Å². The van der Waals surface area contributed by atoms with Crippen LogP contribution in [0.2, 0.25) is 0 Å². The molecule has 1 saturated carbocycles. The molecule has 26 heavy (non-hydrogen) atoms. The van der Waals surface area contributed by atoms with E-state index >= 15 is 0 Å². The third-order valence-electron chi connectivity index (χ3n) is 5.55. The predicted octanol–water partition coefficient (Wildman–Crippen LogP) is 1.63. The molecule has 0 unspecified atom stereocenters. The average molecular weight is 363 g/mol. The molecule has 1 N–H and O–H groups in total. The normalized spacial score (nSPS) is 20.3. The van der Waals surface area contributed by atoms with Gasteiger partial charge in [0.25, 0.3) is 0 Å². The van der Waals surface area contributed by atoms with Crippen molar-refractivity contribution < 1.29 is 4.52 Å². The highest BCUT2D eigenvalue weighted by Gasteiger charge is 2.21. The molecule has 0 spiro atoms. The Hall–Kier alpha value is -1.60. The maximum absolute atomic E-state index is 4.93. The van der Waals surface area contributed by atoms with Crippen LogP contribution in [0.1, 0.15) is 38.3 Å². The van der Waals surface area contributed by atoms with Gasteiger partial charge in [0.05, 0.1) is 12.2 Å². The molecule has 3 rings (SSSR count). The number of guanidine groups is 1. The number of nitrogens with one attached hydrogen (secondary N) is 1. The van der Waals surface area contributed by atoms with Crippen molar-refractivity contribution in [1.82, 2.24) is 25.2 Å². The fraction of sp³-hybridized carbons (Fsp3) is 0.789. The lowest BCUT2D eigenvalue weighted by atomic mass is 10.2. The zero-order valence-electron chi connectivity index (χ0n) is 16.4. The molecule has 1 aliphatic carbocycles. The van der Waals surface area contributed by atoms with E-state index in [4.69, 9.17) is 9.52 Å². The van der Waals surface area contributed by atoms with Crippen LogP contribution in [0, 0.1) is 0 Å². The summed E-state index contributed by atoms with van der Waals surface area (Å²) in [5.41, 5.74) is 1.01. The Bertz CT molecular complexity index is 532. The highest BCUT2D eigenvalue weighted by Crippen LogP contribution is 2.21.